The van der Waals surface area contributed by atoms with Crippen LogP contribution < -0.4 is 10.6 Å². The molecule has 0 spiro atoms. The minimum absolute atomic E-state index is 0.182. The van der Waals surface area contributed by atoms with E-state index in [1.165, 1.54) is 51.5 Å². The lowest BCUT2D eigenvalue weighted by Crippen LogP contribution is -2.44. The maximum Gasteiger partial charge on any atom is 0.234 e. The Kier molecular flexibility index (Phi) is 7.51. The minimum Gasteiger partial charge on any atom is -0.352 e. The Bertz CT molecular complexity index is 300. The molecule has 1 unspecified atom stereocenters. The number of nitrogens with one attached hydrogen (secondary N) is 2. The van der Waals surface area contributed by atoms with E-state index in [-0.39, 0.29) is 5.91 Å². The number of hydrogen-bond acceptors (Lipinski definition) is 3. The zero-order valence-electron chi connectivity index (χ0n) is 13.7. The molecule has 1 amide bonds. The Labute approximate surface area is 130 Å². The zero-order valence-corrected chi connectivity index (χ0v) is 13.7. The van der Waals surface area contributed by atoms with Crippen molar-refractivity contribution in [2.75, 3.05) is 26.2 Å². The molecule has 1 saturated carbocycles. The van der Waals surface area contributed by atoms with Gasteiger partial charge in [0.05, 0.1) is 6.54 Å². The maximum atomic E-state index is 12.0. The van der Waals surface area contributed by atoms with Crippen molar-refractivity contribution in [2.24, 2.45) is 0 Å². The lowest BCUT2D eigenvalue weighted by molar-refractivity contribution is -0.121. The highest BCUT2D eigenvalue weighted by Crippen LogP contribution is 2.17. The van der Waals surface area contributed by atoms with Gasteiger partial charge in [-0.25, -0.2) is 0 Å². The standard InChI is InChI=1S/C17H33N3O/c1-2-20-12-8-11-16(20)13-18-14-17(21)19-15-9-6-4-3-5-7-10-15/h15-16,18H,2-14H2,1H3,(H,19,21). The van der Waals surface area contributed by atoms with Gasteiger partial charge in [0.1, 0.15) is 0 Å². The molecule has 0 bridgehead atoms. The third-order valence-electron chi connectivity index (χ3n) is 5.04. The molecule has 1 aliphatic heterocycles. The second-order valence-corrected chi connectivity index (χ2v) is 6.67. The molecular formula is C17H33N3O. The van der Waals surface area contributed by atoms with Crippen LogP contribution in [0.25, 0.3) is 0 Å². The molecular weight excluding hydrogens is 262 g/mol. The number of likely N-dealkylation sites (tertiary alicyclic amines) is 1. The quantitative estimate of drug-likeness (QED) is 0.790. The van der Waals surface area contributed by atoms with Crippen LogP contribution in [0.15, 0.2) is 0 Å². The highest BCUT2D eigenvalue weighted by atomic mass is 16.1. The molecule has 0 aromatic heterocycles. The topological polar surface area (TPSA) is 44.4 Å². The largest absolute Gasteiger partial charge is 0.352 e. The molecule has 4 heteroatoms. The zero-order chi connectivity index (χ0) is 14.9. The van der Waals surface area contributed by atoms with Gasteiger partial charge < -0.3 is 10.6 Å². The Morgan fingerprint density at radius 2 is 1.76 bits per heavy atom. The van der Waals surface area contributed by atoms with Crippen LogP contribution in [-0.2, 0) is 4.79 Å². The third-order valence-corrected chi connectivity index (χ3v) is 5.04. The van der Waals surface area contributed by atoms with Crippen molar-refractivity contribution in [1.29, 1.82) is 0 Å². The summed E-state index contributed by atoms with van der Waals surface area (Å²) in [5, 5.41) is 6.58. The molecule has 2 N–H and O–H groups in total. The number of carbonyl (C=O) groups is 1. The van der Waals surface area contributed by atoms with Crippen LogP contribution in [0.2, 0.25) is 0 Å². The monoisotopic (exact) mass is 295 g/mol. The van der Waals surface area contributed by atoms with Crippen LogP contribution in [0, 0.1) is 0 Å². The predicted molar refractivity (Wildman–Crippen MR) is 87.4 cm³/mol. The average molecular weight is 295 g/mol. The van der Waals surface area contributed by atoms with E-state index in [0.717, 1.165) is 25.9 Å². The molecule has 1 aliphatic carbocycles. The summed E-state index contributed by atoms with van der Waals surface area (Å²) < 4.78 is 0. The second-order valence-electron chi connectivity index (χ2n) is 6.67. The van der Waals surface area contributed by atoms with Gasteiger partial charge in [0.2, 0.25) is 5.91 Å². The molecule has 21 heavy (non-hydrogen) atoms. The summed E-state index contributed by atoms with van der Waals surface area (Å²) in [4.78, 5) is 14.6. The van der Waals surface area contributed by atoms with Gasteiger partial charge in [-0.2, -0.15) is 0 Å². The normalized spacial score (nSPS) is 25.5. The van der Waals surface area contributed by atoms with Crippen molar-refractivity contribution in [3.05, 3.63) is 0 Å². The minimum atomic E-state index is 0.182. The smallest absolute Gasteiger partial charge is 0.234 e. The fourth-order valence-electron chi connectivity index (χ4n) is 3.77. The number of amides is 1. The fourth-order valence-corrected chi connectivity index (χ4v) is 3.77. The van der Waals surface area contributed by atoms with E-state index in [1.807, 2.05) is 0 Å². The summed E-state index contributed by atoms with van der Waals surface area (Å²) >= 11 is 0. The van der Waals surface area contributed by atoms with Crippen LogP contribution in [0.5, 0.6) is 0 Å². The van der Waals surface area contributed by atoms with Gasteiger partial charge in [-0.3, -0.25) is 9.69 Å². The predicted octanol–water partition coefficient (Wildman–Crippen LogP) is 2.29. The number of rotatable bonds is 6. The third kappa shape index (κ3) is 5.95. The number of nitrogens with zero attached hydrogens (tertiary/aromatic N) is 1. The van der Waals surface area contributed by atoms with Gasteiger partial charge in [-0.15, -0.1) is 0 Å². The first-order valence-electron chi connectivity index (χ1n) is 9.03. The van der Waals surface area contributed by atoms with Gasteiger partial charge in [-0.05, 0) is 38.8 Å². The SMILES string of the molecule is CCN1CCCC1CNCC(=O)NC1CCCCCCC1. The van der Waals surface area contributed by atoms with Crippen molar-refractivity contribution in [3.8, 4) is 0 Å². The summed E-state index contributed by atoms with van der Waals surface area (Å²) in [5.74, 6) is 0.182. The Balaban J connectivity index is 1.60. The second kappa shape index (κ2) is 9.42. The van der Waals surface area contributed by atoms with Crippen molar-refractivity contribution in [1.82, 2.24) is 15.5 Å². The molecule has 0 radical (unpaired) electrons. The van der Waals surface area contributed by atoms with Gasteiger partial charge >= 0.3 is 0 Å². The highest BCUT2D eigenvalue weighted by molar-refractivity contribution is 5.78. The molecule has 2 rings (SSSR count). The van der Waals surface area contributed by atoms with Crippen molar-refractivity contribution in [2.45, 2.75) is 76.8 Å². The Morgan fingerprint density at radius 3 is 2.48 bits per heavy atom. The van der Waals surface area contributed by atoms with Crippen LogP contribution in [0.1, 0.15) is 64.7 Å². The van der Waals surface area contributed by atoms with E-state index in [9.17, 15) is 4.79 Å². The molecule has 0 aromatic carbocycles. The summed E-state index contributed by atoms with van der Waals surface area (Å²) in [6.07, 6.45) is 11.5. The van der Waals surface area contributed by atoms with E-state index >= 15 is 0 Å². The molecule has 2 fully saturated rings. The molecule has 2 aliphatic rings. The van der Waals surface area contributed by atoms with Gasteiger partial charge in [0.15, 0.2) is 0 Å². The number of hydrogen-bond donors (Lipinski definition) is 2. The van der Waals surface area contributed by atoms with Crippen LogP contribution in [0.3, 0.4) is 0 Å². The Hall–Kier alpha value is -0.610. The van der Waals surface area contributed by atoms with Crippen molar-refractivity contribution < 1.29 is 4.79 Å². The van der Waals surface area contributed by atoms with Crippen molar-refractivity contribution >= 4 is 5.91 Å². The fraction of sp³-hybridized carbons (Fsp3) is 0.941. The van der Waals surface area contributed by atoms with E-state index in [2.05, 4.69) is 22.5 Å². The van der Waals surface area contributed by atoms with E-state index in [4.69, 9.17) is 0 Å². The van der Waals surface area contributed by atoms with E-state index < -0.39 is 0 Å². The highest BCUT2D eigenvalue weighted by Gasteiger charge is 2.22. The molecule has 0 aromatic rings. The van der Waals surface area contributed by atoms with Gasteiger partial charge in [0, 0.05) is 18.6 Å². The van der Waals surface area contributed by atoms with Crippen LogP contribution in [0.4, 0.5) is 0 Å². The average Bonchev–Trinajstić information content (AvgIpc) is 2.89. The summed E-state index contributed by atoms with van der Waals surface area (Å²) in [6, 6.07) is 1.04. The van der Waals surface area contributed by atoms with Gasteiger partial charge in [0.25, 0.3) is 0 Å². The lowest BCUT2D eigenvalue weighted by atomic mass is 9.97. The Morgan fingerprint density at radius 1 is 1.05 bits per heavy atom. The first kappa shape index (κ1) is 16.8. The maximum absolute atomic E-state index is 12.0. The molecule has 1 atom stereocenters. The first-order valence-corrected chi connectivity index (χ1v) is 9.03. The summed E-state index contributed by atoms with van der Waals surface area (Å²) in [6.45, 7) is 5.99. The molecule has 1 saturated heterocycles. The summed E-state index contributed by atoms with van der Waals surface area (Å²) in [7, 11) is 0. The number of carbonyl (C=O) groups excluding carboxylic acids is 1. The number of likely N-dealkylation sites (N-methyl/N-ethyl adjacent to an activating group) is 1. The van der Waals surface area contributed by atoms with E-state index in [1.54, 1.807) is 0 Å². The van der Waals surface area contributed by atoms with E-state index in [0.29, 0.717) is 18.6 Å². The first-order chi connectivity index (χ1) is 10.3. The van der Waals surface area contributed by atoms with Crippen molar-refractivity contribution in [3.63, 3.8) is 0 Å². The van der Waals surface area contributed by atoms with Crippen LogP contribution >= 0.6 is 0 Å². The molecule has 122 valence electrons. The molecule has 1 heterocycles. The van der Waals surface area contributed by atoms with Gasteiger partial charge in [-0.1, -0.05) is 39.0 Å². The molecule has 4 nitrogen and oxygen atoms in total. The van der Waals surface area contributed by atoms with Crippen LogP contribution in [-0.4, -0.2) is 49.1 Å². The summed E-state index contributed by atoms with van der Waals surface area (Å²) in [5.41, 5.74) is 0. The lowest BCUT2D eigenvalue weighted by Gasteiger charge is -2.24.